The fourth-order valence-corrected chi connectivity index (χ4v) is 10.4. The summed E-state index contributed by atoms with van der Waals surface area (Å²) in [6.45, 7) is 0. The van der Waals surface area contributed by atoms with Crippen molar-refractivity contribution < 1.29 is 0 Å². The lowest BCUT2D eigenvalue weighted by Crippen LogP contribution is -2.10. The van der Waals surface area contributed by atoms with Crippen LogP contribution in [0.5, 0.6) is 0 Å². The predicted molar refractivity (Wildman–Crippen MR) is 227 cm³/mol. The highest BCUT2D eigenvalue weighted by atomic mass is 32.1. The molecule has 0 unspecified atom stereocenters. The molecule has 0 aliphatic heterocycles. The highest BCUT2D eigenvalue weighted by Crippen LogP contribution is 2.49. The Kier molecular flexibility index (Phi) is 6.63. The van der Waals surface area contributed by atoms with Crippen molar-refractivity contribution in [1.29, 1.82) is 0 Å². The molecular formula is C48H30N2S2. The van der Waals surface area contributed by atoms with Crippen molar-refractivity contribution in [3.05, 3.63) is 182 Å². The second-order valence-corrected chi connectivity index (χ2v) is 15.4. The van der Waals surface area contributed by atoms with Gasteiger partial charge in [0.05, 0.1) is 31.8 Å². The van der Waals surface area contributed by atoms with Crippen LogP contribution < -0.4 is 4.90 Å². The summed E-state index contributed by atoms with van der Waals surface area (Å²) in [6, 6.07) is 66.5. The molecule has 0 N–H and O–H groups in total. The SMILES string of the molecule is c1ccc2c(c1)sc1c(N(c3ccc(-c4ccc(-n5c6ccccc6c6ccccc65)cc4)cc3)c3cccc4c3sc3ccccc34)cccc12. The van der Waals surface area contributed by atoms with Gasteiger partial charge in [0.25, 0.3) is 0 Å². The molecule has 0 spiro atoms. The van der Waals surface area contributed by atoms with Crippen molar-refractivity contribution in [1.82, 2.24) is 4.57 Å². The first-order chi connectivity index (χ1) is 25.8. The standard InChI is InChI=1S/C48H30N2S2/c1-5-17-41-35(11-1)36-12-2-6-18-42(36)49(41)33-27-23-31(24-28-33)32-25-29-34(30-26-32)50(43-19-9-15-39-37-13-3-7-21-45(37)51-47(39)43)44-20-10-16-40-38-14-4-8-22-46(38)52-48(40)44/h1-30H. The summed E-state index contributed by atoms with van der Waals surface area (Å²) in [7, 11) is 0. The van der Waals surface area contributed by atoms with Crippen LogP contribution in [-0.2, 0) is 0 Å². The number of thiophene rings is 2. The molecule has 0 aliphatic rings. The van der Waals surface area contributed by atoms with Gasteiger partial charge in [0, 0.05) is 53.1 Å². The van der Waals surface area contributed by atoms with Gasteiger partial charge in [0.15, 0.2) is 0 Å². The van der Waals surface area contributed by atoms with E-state index >= 15 is 0 Å². The molecule has 0 bridgehead atoms. The summed E-state index contributed by atoms with van der Waals surface area (Å²) in [5.74, 6) is 0. The van der Waals surface area contributed by atoms with Gasteiger partial charge < -0.3 is 9.47 Å². The van der Waals surface area contributed by atoms with Crippen LogP contribution in [0.1, 0.15) is 0 Å². The molecule has 0 amide bonds. The van der Waals surface area contributed by atoms with Crippen molar-refractivity contribution >= 4 is 102 Å². The maximum Gasteiger partial charge on any atom is 0.0640 e. The van der Waals surface area contributed by atoms with E-state index in [1.807, 2.05) is 22.7 Å². The normalized spacial score (nSPS) is 11.8. The zero-order valence-corrected chi connectivity index (χ0v) is 29.7. The van der Waals surface area contributed by atoms with E-state index in [1.165, 1.54) is 84.7 Å². The first-order valence-corrected chi connectivity index (χ1v) is 19.2. The second-order valence-electron chi connectivity index (χ2n) is 13.3. The van der Waals surface area contributed by atoms with Crippen molar-refractivity contribution in [2.75, 3.05) is 4.90 Å². The Bertz CT molecular complexity index is 2960. The molecular weight excluding hydrogens is 669 g/mol. The average molecular weight is 699 g/mol. The molecule has 2 nitrogen and oxygen atoms in total. The second kappa shape index (κ2) is 11.7. The summed E-state index contributed by atoms with van der Waals surface area (Å²) >= 11 is 3.75. The van der Waals surface area contributed by atoms with Gasteiger partial charge >= 0.3 is 0 Å². The molecule has 0 atom stereocenters. The largest absolute Gasteiger partial charge is 0.309 e. The molecule has 244 valence electrons. The molecule has 0 fully saturated rings. The highest BCUT2D eigenvalue weighted by molar-refractivity contribution is 7.27. The summed E-state index contributed by atoms with van der Waals surface area (Å²) < 4.78 is 7.59. The molecule has 0 radical (unpaired) electrons. The Balaban J connectivity index is 1.04. The van der Waals surface area contributed by atoms with Crippen molar-refractivity contribution in [3.63, 3.8) is 0 Å². The number of hydrogen-bond acceptors (Lipinski definition) is 3. The summed E-state index contributed by atoms with van der Waals surface area (Å²) in [5, 5.41) is 7.77. The van der Waals surface area contributed by atoms with Crippen molar-refractivity contribution in [3.8, 4) is 16.8 Å². The van der Waals surface area contributed by atoms with Gasteiger partial charge in [-0.15, -0.1) is 22.7 Å². The number of para-hydroxylation sites is 2. The van der Waals surface area contributed by atoms with Crippen LogP contribution in [0.25, 0.3) is 79.0 Å². The van der Waals surface area contributed by atoms with Crippen LogP contribution in [0.15, 0.2) is 182 Å². The molecule has 3 heterocycles. The Morgan fingerprint density at radius 3 is 1.29 bits per heavy atom. The molecule has 0 aliphatic carbocycles. The summed E-state index contributed by atoms with van der Waals surface area (Å²) in [6.07, 6.45) is 0. The van der Waals surface area contributed by atoms with Gasteiger partial charge in [0.2, 0.25) is 0 Å². The first kappa shape index (κ1) is 29.5. The van der Waals surface area contributed by atoms with E-state index in [0.29, 0.717) is 0 Å². The molecule has 0 saturated heterocycles. The van der Waals surface area contributed by atoms with E-state index in [1.54, 1.807) is 0 Å². The molecule has 3 aromatic heterocycles. The Morgan fingerprint density at radius 2 is 0.769 bits per heavy atom. The molecule has 11 aromatic rings. The van der Waals surface area contributed by atoms with Gasteiger partial charge in [0.1, 0.15) is 0 Å². The van der Waals surface area contributed by atoms with Crippen LogP contribution in [-0.4, -0.2) is 4.57 Å². The number of rotatable bonds is 5. The van der Waals surface area contributed by atoms with Gasteiger partial charge in [-0.2, -0.15) is 0 Å². The van der Waals surface area contributed by atoms with Crippen LogP contribution in [0, 0.1) is 0 Å². The fourth-order valence-electron chi connectivity index (χ4n) is 8.03. The Morgan fingerprint density at radius 1 is 0.346 bits per heavy atom. The molecule has 11 rings (SSSR count). The number of fused-ring (bicyclic) bond motifs is 9. The van der Waals surface area contributed by atoms with Crippen molar-refractivity contribution in [2.45, 2.75) is 0 Å². The van der Waals surface area contributed by atoms with Gasteiger partial charge in [-0.25, -0.2) is 0 Å². The lowest BCUT2D eigenvalue weighted by molar-refractivity contribution is 1.18. The van der Waals surface area contributed by atoms with Crippen LogP contribution in [0.2, 0.25) is 0 Å². The van der Waals surface area contributed by atoms with Gasteiger partial charge in [-0.3, -0.25) is 0 Å². The third kappa shape index (κ3) is 4.48. The van der Waals surface area contributed by atoms with E-state index in [2.05, 4.69) is 191 Å². The van der Waals surface area contributed by atoms with E-state index < -0.39 is 0 Å². The van der Waals surface area contributed by atoms with Gasteiger partial charge in [-0.1, -0.05) is 121 Å². The zero-order chi connectivity index (χ0) is 34.2. The van der Waals surface area contributed by atoms with Crippen molar-refractivity contribution in [2.24, 2.45) is 0 Å². The first-order valence-electron chi connectivity index (χ1n) is 17.6. The smallest absolute Gasteiger partial charge is 0.0640 e. The van der Waals surface area contributed by atoms with E-state index in [4.69, 9.17) is 0 Å². The minimum atomic E-state index is 1.14. The number of aromatic nitrogens is 1. The minimum absolute atomic E-state index is 1.14. The quantitative estimate of drug-likeness (QED) is 0.174. The summed E-state index contributed by atoms with van der Waals surface area (Å²) in [4.78, 5) is 2.48. The van der Waals surface area contributed by atoms with E-state index in [-0.39, 0.29) is 0 Å². The molecule has 52 heavy (non-hydrogen) atoms. The average Bonchev–Trinajstić information content (AvgIpc) is 3.89. The number of nitrogens with zero attached hydrogens (tertiary/aromatic N) is 2. The summed E-state index contributed by atoms with van der Waals surface area (Å²) in [5.41, 5.74) is 9.54. The highest BCUT2D eigenvalue weighted by Gasteiger charge is 2.21. The fraction of sp³-hybridized carbons (Fsp3) is 0. The van der Waals surface area contributed by atoms with Gasteiger partial charge in [-0.05, 0) is 71.8 Å². The third-order valence-electron chi connectivity index (χ3n) is 10.4. The lowest BCUT2D eigenvalue weighted by atomic mass is 10.0. The van der Waals surface area contributed by atoms with E-state index in [0.717, 1.165) is 11.4 Å². The van der Waals surface area contributed by atoms with E-state index in [9.17, 15) is 0 Å². The molecule has 8 aromatic carbocycles. The van der Waals surface area contributed by atoms with Crippen LogP contribution >= 0.6 is 22.7 Å². The predicted octanol–water partition coefficient (Wildman–Crippen LogP) is 14.7. The topological polar surface area (TPSA) is 8.17 Å². The maximum atomic E-state index is 2.48. The maximum absolute atomic E-state index is 2.48. The lowest BCUT2D eigenvalue weighted by Gasteiger charge is -2.27. The number of benzene rings is 8. The van der Waals surface area contributed by atoms with Crippen LogP contribution in [0.4, 0.5) is 17.1 Å². The monoisotopic (exact) mass is 698 g/mol. The third-order valence-corrected chi connectivity index (χ3v) is 12.8. The molecule has 0 saturated carbocycles. The number of hydrogen-bond donors (Lipinski definition) is 0. The zero-order valence-electron chi connectivity index (χ0n) is 28.0. The minimum Gasteiger partial charge on any atom is -0.309 e. The Hall–Kier alpha value is -6.20. The van der Waals surface area contributed by atoms with Crippen LogP contribution in [0.3, 0.4) is 0 Å². The Labute approximate surface area is 308 Å². The molecule has 4 heteroatoms. The number of anilines is 3.